The molecule has 3 rings (SSSR count). The van der Waals surface area contributed by atoms with Crippen molar-refractivity contribution in [2.45, 2.75) is 45.4 Å². The molecule has 1 atom stereocenters. The van der Waals surface area contributed by atoms with Crippen LogP contribution in [0.5, 0.6) is 5.88 Å². The summed E-state index contributed by atoms with van der Waals surface area (Å²) in [7, 11) is 0. The number of ether oxygens (including phenoxy) is 1. The molecule has 0 bridgehead atoms. The molecule has 1 aromatic heterocycles. The van der Waals surface area contributed by atoms with E-state index in [0.717, 1.165) is 5.56 Å². The van der Waals surface area contributed by atoms with Crippen LogP contribution in [0.4, 0.5) is 0 Å². The highest BCUT2D eigenvalue weighted by Gasteiger charge is 2.27. The Morgan fingerprint density at radius 1 is 1.18 bits per heavy atom. The minimum Gasteiger partial charge on any atom is -0.473 e. The Labute approximate surface area is 132 Å². The van der Waals surface area contributed by atoms with Crippen LogP contribution in [0.15, 0.2) is 48.7 Å². The van der Waals surface area contributed by atoms with Gasteiger partial charge in [0.1, 0.15) is 6.61 Å². The van der Waals surface area contributed by atoms with Crippen LogP contribution in [-0.2, 0) is 6.61 Å². The lowest BCUT2D eigenvalue weighted by molar-refractivity contribution is 0.205. The Morgan fingerprint density at radius 2 is 2.00 bits per heavy atom. The Balaban J connectivity index is 1.63. The number of nitrogens with zero attached hydrogens (tertiary/aromatic N) is 2. The van der Waals surface area contributed by atoms with Crippen LogP contribution in [0.3, 0.4) is 0 Å². The van der Waals surface area contributed by atoms with Gasteiger partial charge in [0.25, 0.3) is 0 Å². The number of benzene rings is 1. The highest BCUT2D eigenvalue weighted by atomic mass is 16.5. The molecule has 2 aromatic rings. The monoisotopic (exact) mass is 296 g/mol. The fraction of sp³-hybridized carbons (Fsp3) is 0.421. The van der Waals surface area contributed by atoms with E-state index >= 15 is 0 Å². The van der Waals surface area contributed by atoms with Gasteiger partial charge in [-0.1, -0.05) is 36.4 Å². The highest BCUT2D eigenvalue weighted by Crippen LogP contribution is 2.33. The van der Waals surface area contributed by atoms with Crippen LogP contribution >= 0.6 is 0 Å². The van der Waals surface area contributed by atoms with Crippen molar-refractivity contribution in [2.75, 3.05) is 6.54 Å². The molecule has 0 radical (unpaired) electrons. The first-order valence-corrected chi connectivity index (χ1v) is 8.12. The summed E-state index contributed by atoms with van der Waals surface area (Å²) in [4.78, 5) is 7.04. The van der Waals surface area contributed by atoms with Crippen molar-refractivity contribution < 1.29 is 4.74 Å². The fourth-order valence-corrected chi connectivity index (χ4v) is 3.17. The molecule has 1 aliphatic rings. The summed E-state index contributed by atoms with van der Waals surface area (Å²) in [5.74, 6) is 0.696. The number of rotatable bonds is 5. The third-order valence-electron chi connectivity index (χ3n) is 4.33. The Kier molecular flexibility index (Phi) is 4.74. The lowest BCUT2D eigenvalue weighted by Gasteiger charge is -2.28. The number of hydrogen-bond acceptors (Lipinski definition) is 3. The SMILES string of the molecule is CC(C)N1CCC[C@H]1c1ccc(OCc2ccccc2)nc1. The van der Waals surface area contributed by atoms with Crippen LogP contribution in [-0.4, -0.2) is 22.5 Å². The van der Waals surface area contributed by atoms with E-state index in [-0.39, 0.29) is 0 Å². The fourth-order valence-electron chi connectivity index (χ4n) is 3.17. The summed E-state index contributed by atoms with van der Waals surface area (Å²) < 4.78 is 5.76. The molecule has 0 spiro atoms. The predicted molar refractivity (Wildman–Crippen MR) is 88.8 cm³/mol. The van der Waals surface area contributed by atoms with E-state index in [0.29, 0.717) is 24.6 Å². The normalized spacial score (nSPS) is 18.8. The molecule has 1 fully saturated rings. The Morgan fingerprint density at radius 3 is 2.68 bits per heavy atom. The van der Waals surface area contributed by atoms with E-state index in [1.165, 1.54) is 24.9 Å². The quantitative estimate of drug-likeness (QED) is 0.826. The molecular weight excluding hydrogens is 272 g/mol. The van der Waals surface area contributed by atoms with Gasteiger partial charge in [0.15, 0.2) is 0 Å². The third-order valence-corrected chi connectivity index (χ3v) is 4.33. The summed E-state index contributed by atoms with van der Waals surface area (Å²) in [6, 6.07) is 15.4. The minimum atomic E-state index is 0.510. The average molecular weight is 296 g/mol. The maximum absolute atomic E-state index is 5.76. The van der Waals surface area contributed by atoms with Gasteiger partial charge in [0, 0.05) is 24.3 Å². The molecule has 22 heavy (non-hydrogen) atoms. The van der Waals surface area contributed by atoms with Crippen LogP contribution in [0.25, 0.3) is 0 Å². The Hall–Kier alpha value is -1.87. The van der Waals surface area contributed by atoms with E-state index in [2.05, 4.69) is 41.9 Å². The first kappa shape index (κ1) is 15.0. The molecule has 3 nitrogen and oxygen atoms in total. The molecule has 0 aliphatic carbocycles. The first-order chi connectivity index (χ1) is 10.7. The van der Waals surface area contributed by atoms with Gasteiger partial charge in [-0.2, -0.15) is 0 Å². The standard InChI is InChI=1S/C19H24N2O/c1-15(2)21-12-6-9-18(21)17-10-11-19(20-13-17)22-14-16-7-4-3-5-8-16/h3-5,7-8,10-11,13,15,18H,6,9,12,14H2,1-2H3/t18-/m0/s1. The van der Waals surface area contributed by atoms with Crippen molar-refractivity contribution in [1.29, 1.82) is 0 Å². The molecule has 1 aliphatic heterocycles. The second-order valence-corrected chi connectivity index (χ2v) is 6.19. The summed E-state index contributed by atoms with van der Waals surface area (Å²) in [5.41, 5.74) is 2.47. The number of pyridine rings is 1. The summed E-state index contributed by atoms with van der Waals surface area (Å²) in [6.45, 7) is 6.29. The zero-order chi connectivity index (χ0) is 15.4. The molecule has 0 unspecified atom stereocenters. The van der Waals surface area contributed by atoms with Crippen LogP contribution in [0.2, 0.25) is 0 Å². The summed E-state index contributed by atoms with van der Waals surface area (Å²) in [6.07, 6.45) is 4.48. The molecule has 3 heteroatoms. The van der Waals surface area contributed by atoms with E-state index in [9.17, 15) is 0 Å². The molecule has 0 saturated carbocycles. The number of likely N-dealkylation sites (tertiary alicyclic amines) is 1. The summed E-state index contributed by atoms with van der Waals surface area (Å²) >= 11 is 0. The van der Waals surface area contributed by atoms with Crippen molar-refractivity contribution in [3.8, 4) is 5.88 Å². The van der Waals surface area contributed by atoms with Gasteiger partial charge < -0.3 is 4.74 Å². The van der Waals surface area contributed by atoms with Crippen LogP contribution < -0.4 is 4.74 Å². The average Bonchev–Trinajstić information content (AvgIpc) is 3.04. The lowest BCUT2D eigenvalue weighted by atomic mass is 10.1. The van der Waals surface area contributed by atoms with Crippen molar-refractivity contribution in [1.82, 2.24) is 9.88 Å². The van der Waals surface area contributed by atoms with Crippen molar-refractivity contribution in [3.05, 3.63) is 59.8 Å². The van der Waals surface area contributed by atoms with Gasteiger partial charge >= 0.3 is 0 Å². The molecule has 1 aromatic carbocycles. The summed E-state index contributed by atoms with van der Waals surface area (Å²) in [5, 5.41) is 0. The second-order valence-electron chi connectivity index (χ2n) is 6.19. The van der Waals surface area contributed by atoms with Gasteiger partial charge in [0.2, 0.25) is 5.88 Å². The predicted octanol–water partition coefficient (Wildman–Crippen LogP) is 4.21. The third kappa shape index (κ3) is 3.47. The molecule has 0 amide bonds. The molecule has 116 valence electrons. The first-order valence-electron chi connectivity index (χ1n) is 8.12. The van der Waals surface area contributed by atoms with Gasteiger partial charge in [-0.3, -0.25) is 4.90 Å². The number of aromatic nitrogens is 1. The maximum atomic E-state index is 5.76. The van der Waals surface area contributed by atoms with Crippen molar-refractivity contribution >= 4 is 0 Å². The minimum absolute atomic E-state index is 0.510. The topological polar surface area (TPSA) is 25.4 Å². The van der Waals surface area contributed by atoms with Crippen molar-refractivity contribution in [3.63, 3.8) is 0 Å². The number of hydrogen-bond donors (Lipinski definition) is 0. The maximum Gasteiger partial charge on any atom is 0.213 e. The van der Waals surface area contributed by atoms with E-state index < -0.39 is 0 Å². The van der Waals surface area contributed by atoms with Gasteiger partial charge in [-0.05, 0) is 44.4 Å². The Bertz CT molecular complexity index is 580. The van der Waals surface area contributed by atoms with Gasteiger partial charge in [0.05, 0.1) is 0 Å². The molecular formula is C19H24N2O. The lowest BCUT2D eigenvalue weighted by Crippen LogP contribution is -2.30. The molecule has 0 N–H and O–H groups in total. The largest absolute Gasteiger partial charge is 0.473 e. The smallest absolute Gasteiger partial charge is 0.213 e. The van der Waals surface area contributed by atoms with E-state index in [1.54, 1.807) is 0 Å². The second kappa shape index (κ2) is 6.93. The van der Waals surface area contributed by atoms with Gasteiger partial charge in [-0.25, -0.2) is 4.98 Å². The zero-order valence-electron chi connectivity index (χ0n) is 13.4. The van der Waals surface area contributed by atoms with E-state index in [4.69, 9.17) is 4.74 Å². The van der Waals surface area contributed by atoms with Gasteiger partial charge in [-0.15, -0.1) is 0 Å². The van der Waals surface area contributed by atoms with Crippen LogP contribution in [0.1, 0.15) is 43.9 Å². The van der Waals surface area contributed by atoms with E-state index in [1.807, 2.05) is 30.5 Å². The molecule has 2 heterocycles. The zero-order valence-corrected chi connectivity index (χ0v) is 13.4. The van der Waals surface area contributed by atoms with Crippen LogP contribution in [0, 0.1) is 0 Å². The van der Waals surface area contributed by atoms with Crippen molar-refractivity contribution in [2.24, 2.45) is 0 Å². The molecule has 1 saturated heterocycles. The highest BCUT2D eigenvalue weighted by molar-refractivity contribution is 5.22.